The van der Waals surface area contributed by atoms with E-state index in [0.29, 0.717) is 26.4 Å². The molecule has 0 aromatic carbocycles. The molecule has 5 nitrogen and oxygen atoms in total. The zero-order valence-corrected chi connectivity index (χ0v) is 9.07. The van der Waals surface area contributed by atoms with Crippen molar-refractivity contribution >= 4 is 5.97 Å². The molecule has 0 N–H and O–H groups in total. The molecular weight excluding hydrogens is 200 g/mol. The van der Waals surface area contributed by atoms with E-state index in [9.17, 15) is 4.79 Å². The Morgan fingerprint density at radius 3 is 2.47 bits per heavy atom. The molecule has 5 heteroatoms. The van der Waals surface area contributed by atoms with Gasteiger partial charge in [0.15, 0.2) is 0 Å². The maximum absolute atomic E-state index is 10.6. The van der Waals surface area contributed by atoms with E-state index in [0.717, 1.165) is 6.08 Å². The van der Waals surface area contributed by atoms with E-state index in [1.54, 1.807) is 0 Å². The summed E-state index contributed by atoms with van der Waals surface area (Å²) in [5.41, 5.74) is 0. The molecule has 0 saturated carbocycles. The van der Waals surface area contributed by atoms with Crippen LogP contribution in [0.15, 0.2) is 12.7 Å². The van der Waals surface area contributed by atoms with Gasteiger partial charge in [0.2, 0.25) is 0 Å². The number of carbonyl (C=O) groups excluding carboxylic acids is 1. The van der Waals surface area contributed by atoms with Crippen molar-refractivity contribution in [2.75, 3.05) is 39.8 Å². The van der Waals surface area contributed by atoms with Crippen LogP contribution in [0.25, 0.3) is 0 Å². The van der Waals surface area contributed by atoms with Gasteiger partial charge < -0.3 is 18.9 Å². The normalized spacial score (nSPS) is 9.93. The maximum Gasteiger partial charge on any atom is 0.330 e. The molecule has 0 aliphatic heterocycles. The van der Waals surface area contributed by atoms with Gasteiger partial charge in [-0.2, -0.15) is 0 Å². The predicted molar refractivity (Wildman–Crippen MR) is 54.4 cm³/mol. The number of hydrogen-bond donors (Lipinski definition) is 0. The molecule has 88 valence electrons. The molecular formula is C10H18O5. The van der Waals surface area contributed by atoms with Gasteiger partial charge in [-0.25, -0.2) is 4.79 Å². The monoisotopic (exact) mass is 218 g/mol. The lowest BCUT2D eigenvalue weighted by Crippen LogP contribution is -2.12. The van der Waals surface area contributed by atoms with Gasteiger partial charge in [0.25, 0.3) is 0 Å². The van der Waals surface area contributed by atoms with Gasteiger partial charge in [-0.1, -0.05) is 6.58 Å². The van der Waals surface area contributed by atoms with Gasteiger partial charge in [-0.3, -0.25) is 0 Å². The molecule has 0 heterocycles. The third kappa shape index (κ3) is 11.0. The minimum atomic E-state index is -0.439. The molecule has 0 atom stereocenters. The fourth-order valence-electron chi connectivity index (χ4n) is 0.681. The Hall–Kier alpha value is -0.910. The van der Waals surface area contributed by atoms with Gasteiger partial charge in [0, 0.05) is 12.7 Å². The quantitative estimate of drug-likeness (QED) is 0.234. The van der Waals surface area contributed by atoms with Gasteiger partial charge in [0.1, 0.15) is 13.4 Å². The summed E-state index contributed by atoms with van der Waals surface area (Å²) in [6.07, 6.45) is 1.12. The van der Waals surface area contributed by atoms with Crippen molar-refractivity contribution in [2.45, 2.75) is 6.92 Å². The second-order valence-corrected chi connectivity index (χ2v) is 2.50. The molecule has 15 heavy (non-hydrogen) atoms. The zero-order valence-electron chi connectivity index (χ0n) is 9.07. The minimum absolute atomic E-state index is 0.232. The van der Waals surface area contributed by atoms with E-state index in [-0.39, 0.29) is 13.4 Å². The van der Waals surface area contributed by atoms with Gasteiger partial charge in [0.05, 0.1) is 19.8 Å². The molecule has 0 aromatic heterocycles. The van der Waals surface area contributed by atoms with Gasteiger partial charge in [-0.15, -0.1) is 0 Å². The van der Waals surface area contributed by atoms with Crippen LogP contribution in [0.2, 0.25) is 0 Å². The first-order valence-electron chi connectivity index (χ1n) is 4.83. The summed E-state index contributed by atoms with van der Waals surface area (Å²) in [4.78, 5) is 10.6. The zero-order chi connectivity index (χ0) is 11.4. The van der Waals surface area contributed by atoms with Crippen molar-refractivity contribution in [3.05, 3.63) is 12.7 Å². The Bertz CT molecular complexity index is 169. The van der Waals surface area contributed by atoms with Crippen LogP contribution >= 0.6 is 0 Å². The van der Waals surface area contributed by atoms with Crippen LogP contribution in [-0.4, -0.2) is 45.8 Å². The molecule has 0 amide bonds. The average Bonchev–Trinajstić information content (AvgIpc) is 2.26. The number of ether oxygens (including phenoxy) is 4. The van der Waals surface area contributed by atoms with E-state index in [4.69, 9.17) is 14.2 Å². The summed E-state index contributed by atoms with van der Waals surface area (Å²) >= 11 is 0. The highest BCUT2D eigenvalue weighted by Gasteiger charge is 1.94. The summed E-state index contributed by atoms with van der Waals surface area (Å²) in [5, 5.41) is 0. The summed E-state index contributed by atoms with van der Waals surface area (Å²) < 4.78 is 19.8. The standard InChI is InChI=1S/C10H18O5/c1-3-10(11)15-8-7-13-5-6-14-9-12-4-2/h3H,1,4-9H2,2H3. The van der Waals surface area contributed by atoms with Crippen LogP contribution in [0.3, 0.4) is 0 Å². The Morgan fingerprint density at radius 2 is 1.80 bits per heavy atom. The van der Waals surface area contributed by atoms with Crippen LogP contribution in [-0.2, 0) is 23.7 Å². The second-order valence-electron chi connectivity index (χ2n) is 2.50. The Labute approximate surface area is 89.9 Å². The lowest BCUT2D eigenvalue weighted by Gasteiger charge is -2.05. The lowest BCUT2D eigenvalue weighted by molar-refractivity contribution is -0.139. The van der Waals surface area contributed by atoms with Crippen LogP contribution in [0.4, 0.5) is 0 Å². The number of hydrogen-bond acceptors (Lipinski definition) is 5. The van der Waals surface area contributed by atoms with Crippen molar-refractivity contribution in [2.24, 2.45) is 0 Å². The Morgan fingerprint density at radius 1 is 1.13 bits per heavy atom. The lowest BCUT2D eigenvalue weighted by atomic mass is 10.6. The van der Waals surface area contributed by atoms with E-state index >= 15 is 0 Å². The van der Waals surface area contributed by atoms with Crippen molar-refractivity contribution in [1.29, 1.82) is 0 Å². The largest absolute Gasteiger partial charge is 0.460 e. The van der Waals surface area contributed by atoms with Gasteiger partial charge >= 0.3 is 5.97 Å². The highest BCUT2D eigenvalue weighted by Crippen LogP contribution is 1.83. The molecule has 0 aliphatic carbocycles. The molecule has 0 unspecified atom stereocenters. The molecule has 0 aliphatic rings. The van der Waals surface area contributed by atoms with Crippen molar-refractivity contribution in [3.8, 4) is 0 Å². The highest BCUT2D eigenvalue weighted by molar-refractivity contribution is 5.81. The average molecular weight is 218 g/mol. The molecule has 0 aromatic rings. The fraction of sp³-hybridized carbons (Fsp3) is 0.700. The number of rotatable bonds is 10. The maximum atomic E-state index is 10.6. The van der Waals surface area contributed by atoms with E-state index in [1.807, 2.05) is 6.92 Å². The smallest absolute Gasteiger partial charge is 0.330 e. The number of carbonyl (C=O) groups is 1. The third-order valence-corrected chi connectivity index (χ3v) is 1.38. The summed E-state index contributed by atoms with van der Waals surface area (Å²) in [6.45, 7) is 7.60. The summed E-state index contributed by atoms with van der Waals surface area (Å²) in [5.74, 6) is -0.439. The summed E-state index contributed by atoms with van der Waals surface area (Å²) in [6, 6.07) is 0. The van der Waals surface area contributed by atoms with E-state index < -0.39 is 5.97 Å². The van der Waals surface area contributed by atoms with Crippen molar-refractivity contribution in [3.63, 3.8) is 0 Å². The van der Waals surface area contributed by atoms with Crippen LogP contribution in [0.5, 0.6) is 0 Å². The molecule has 0 rings (SSSR count). The molecule has 0 saturated heterocycles. The Kier molecular flexibility index (Phi) is 10.5. The Balaban J connectivity index is 2.98. The SMILES string of the molecule is C=CC(=O)OCCOCCOCOCC. The minimum Gasteiger partial charge on any atom is -0.460 e. The second kappa shape index (κ2) is 11.2. The first-order chi connectivity index (χ1) is 7.31. The molecule has 0 fully saturated rings. The van der Waals surface area contributed by atoms with Crippen LogP contribution in [0, 0.1) is 0 Å². The van der Waals surface area contributed by atoms with Crippen LogP contribution in [0.1, 0.15) is 6.92 Å². The molecule has 0 spiro atoms. The first kappa shape index (κ1) is 14.1. The highest BCUT2D eigenvalue weighted by atomic mass is 16.7. The first-order valence-corrected chi connectivity index (χ1v) is 4.83. The van der Waals surface area contributed by atoms with E-state index in [2.05, 4.69) is 11.3 Å². The van der Waals surface area contributed by atoms with Gasteiger partial charge in [-0.05, 0) is 6.92 Å². The van der Waals surface area contributed by atoms with Crippen molar-refractivity contribution in [1.82, 2.24) is 0 Å². The molecule has 0 radical (unpaired) electrons. The molecule has 0 bridgehead atoms. The fourth-order valence-corrected chi connectivity index (χ4v) is 0.681. The topological polar surface area (TPSA) is 54.0 Å². The number of esters is 1. The predicted octanol–water partition coefficient (Wildman–Crippen LogP) is 0.743. The van der Waals surface area contributed by atoms with E-state index in [1.165, 1.54) is 0 Å². The van der Waals surface area contributed by atoms with Crippen LogP contribution < -0.4 is 0 Å². The third-order valence-electron chi connectivity index (χ3n) is 1.38. The van der Waals surface area contributed by atoms with Crippen molar-refractivity contribution < 1.29 is 23.7 Å². The summed E-state index contributed by atoms with van der Waals surface area (Å²) in [7, 11) is 0.